The summed E-state index contributed by atoms with van der Waals surface area (Å²) < 4.78 is 31.5. The number of ether oxygens (including phenoxy) is 1. The molecule has 1 aromatic heterocycles. The molecule has 1 saturated heterocycles. The zero-order valence-electron chi connectivity index (χ0n) is 12.1. The number of nitrogens with zero attached hydrogens (tertiary/aromatic N) is 3. The molecule has 120 valence electrons. The molecule has 3 rings (SSSR count). The minimum absolute atomic E-state index is 0.111. The van der Waals surface area contributed by atoms with Crippen LogP contribution in [0.25, 0.3) is 0 Å². The molecule has 2 aromatic rings. The number of aromatic nitrogens is 2. The Bertz CT molecular complexity index is 683. The lowest BCUT2D eigenvalue weighted by Gasteiger charge is -2.26. The van der Waals surface area contributed by atoms with Gasteiger partial charge < -0.3 is 15.0 Å². The predicted octanol–water partition coefficient (Wildman–Crippen LogP) is 1.84. The van der Waals surface area contributed by atoms with Gasteiger partial charge in [0.2, 0.25) is 5.95 Å². The van der Waals surface area contributed by atoms with E-state index in [1.54, 1.807) is 0 Å². The van der Waals surface area contributed by atoms with Crippen LogP contribution in [0.2, 0.25) is 0 Å². The Kier molecular flexibility index (Phi) is 4.42. The molecular formula is C15H14F2N4O2. The number of halogens is 2. The maximum atomic E-state index is 13.1. The first-order valence-corrected chi connectivity index (χ1v) is 7.04. The van der Waals surface area contributed by atoms with Crippen LogP contribution in [0.5, 0.6) is 0 Å². The van der Waals surface area contributed by atoms with Crippen molar-refractivity contribution in [3.8, 4) is 0 Å². The highest BCUT2D eigenvalue weighted by atomic mass is 19.1. The maximum absolute atomic E-state index is 13.1. The Morgan fingerprint density at radius 3 is 2.30 bits per heavy atom. The third-order valence-electron chi connectivity index (χ3n) is 3.31. The van der Waals surface area contributed by atoms with Crippen LogP contribution in [-0.2, 0) is 4.74 Å². The zero-order chi connectivity index (χ0) is 16.2. The largest absolute Gasteiger partial charge is 0.378 e. The molecule has 8 heteroatoms. The van der Waals surface area contributed by atoms with Crippen molar-refractivity contribution in [2.75, 3.05) is 36.5 Å². The highest BCUT2D eigenvalue weighted by Gasteiger charge is 2.14. The molecule has 0 bridgehead atoms. The standard InChI is InChI=1S/C15H14F2N4O2/c16-11-5-10(6-12(17)7-11)14(22)20-13-8-18-15(19-9-13)21-1-3-23-4-2-21/h5-9H,1-4H2,(H,20,22). The first kappa shape index (κ1) is 15.3. The molecule has 0 aliphatic carbocycles. The van der Waals surface area contributed by atoms with Crippen molar-refractivity contribution in [2.24, 2.45) is 0 Å². The third-order valence-corrected chi connectivity index (χ3v) is 3.31. The second kappa shape index (κ2) is 6.66. The van der Waals surface area contributed by atoms with E-state index in [0.29, 0.717) is 44.0 Å². The van der Waals surface area contributed by atoms with Gasteiger partial charge in [-0.3, -0.25) is 4.79 Å². The number of benzene rings is 1. The fourth-order valence-corrected chi connectivity index (χ4v) is 2.20. The minimum Gasteiger partial charge on any atom is -0.378 e. The van der Waals surface area contributed by atoms with Crippen molar-refractivity contribution < 1.29 is 18.3 Å². The molecule has 1 aliphatic rings. The van der Waals surface area contributed by atoms with Gasteiger partial charge in [-0.15, -0.1) is 0 Å². The van der Waals surface area contributed by atoms with E-state index >= 15 is 0 Å². The monoisotopic (exact) mass is 320 g/mol. The van der Waals surface area contributed by atoms with Crippen molar-refractivity contribution in [3.63, 3.8) is 0 Å². The Balaban J connectivity index is 1.68. The molecule has 0 atom stereocenters. The molecule has 0 saturated carbocycles. The van der Waals surface area contributed by atoms with Crippen LogP contribution in [0.15, 0.2) is 30.6 Å². The van der Waals surface area contributed by atoms with E-state index in [1.807, 2.05) is 4.90 Å². The average Bonchev–Trinajstić information content (AvgIpc) is 2.55. The molecule has 6 nitrogen and oxygen atoms in total. The number of morpholine rings is 1. The van der Waals surface area contributed by atoms with Crippen molar-refractivity contribution in [3.05, 3.63) is 47.8 Å². The van der Waals surface area contributed by atoms with Gasteiger partial charge in [-0.2, -0.15) is 0 Å². The summed E-state index contributed by atoms with van der Waals surface area (Å²) in [6.07, 6.45) is 2.90. The van der Waals surface area contributed by atoms with Crippen LogP contribution >= 0.6 is 0 Å². The average molecular weight is 320 g/mol. The smallest absolute Gasteiger partial charge is 0.255 e. The van der Waals surface area contributed by atoms with Crippen LogP contribution in [0.3, 0.4) is 0 Å². The van der Waals surface area contributed by atoms with Gasteiger partial charge in [-0.25, -0.2) is 18.7 Å². The van der Waals surface area contributed by atoms with Gasteiger partial charge in [0.25, 0.3) is 5.91 Å². The SMILES string of the molecule is O=C(Nc1cnc(N2CCOCC2)nc1)c1cc(F)cc(F)c1. The molecular weight excluding hydrogens is 306 g/mol. The fourth-order valence-electron chi connectivity index (χ4n) is 2.20. The Labute approximate surface area is 131 Å². The molecule has 1 aliphatic heterocycles. The minimum atomic E-state index is -0.811. The normalized spacial score (nSPS) is 14.6. The van der Waals surface area contributed by atoms with Crippen molar-refractivity contribution in [2.45, 2.75) is 0 Å². The van der Waals surface area contributed by atoms with Gasteiger partial charge in [-0.1, -0.05) is 0 Å². The lowest BCUT2D eigenvalue weighted by atomic mass is 10.2. The lowest BCUT2D eigenvalue weighted by Crippen LogP contribution is -2.37. The molecule has 2 heterocycles. The summed E-state index contributed by atoms with van der Waals surface area (Å²) in [7, 11) is 0. The van der Waals surface area contributed by atoms with Crippen LogP contribution < -0.4 is 10.2 Å². The van der Waals surface area contributed by atoms with Gasteiger partial charge >= 0.3 is 0 Å². The van der Waals surface area contributed by atoms with Gasteiger partial charge in [0.1, 0.15) is 11.6 Å². The molecule has 1 amide bonds. The molecule has 1 aromatic carbocycles. The molecule has 0 unspecified atom stereocenters. The molecule has 1 N–H and O–H groups in total. The van der Waals surface area contributed by atoms with E-state index in [-0.39, 0.29) is 5.56 Å². The summed E-state index contributed by atoms with van der Waals surface area (Å²) >= 11 is 0. The van der Waals surface area contributed by atoms with Gasteiger partial charge in [-0.05, 0) is 12.1 Å². The summed E-state index contributed by atoms with van der Waals surface area (Å²) in [4.78, 5) is 22.3. The number of carbonyl (C=O) groups excluding carboxylic acids is 1. The summed E-state index contributed by atoms with van der Waals surface area (Å²) in [5, 5.41) is 2.50. The van der Waals surface area contributed by atoms with Crippen LogP contribution in [0.1, 0.15) is 10.4 Å². The number of carbonyl (C=O) groups is 1. The second-order valence-electron chi connectivity index (χ2n) is 4.98. The highest BCUT2D eigenvalue weighted by Crippen LogP contribution is 2.14. The van der Waals surface area contributed by atoms with E-state index < -0.39 is 17.5 Å². The molecule has 0 radical (unpaired) electrons. The first-order chi connectivity index (χ1) is 11.1. The predicted molar refractivity (Wildman–Crippen MR) is 79.4 cm³/mol. The van der Waals surface area contributed by atoms with E-state index in [2.05, 4.69) is 15.3 Å². The van der Waals surface area contributed by atoms with Gasteiger partial charge in [0.05, 0.1) is 31.3 Å². The number of hydrogen-bond acceptors (Lipinski definition) is 5. The van der Waals surface area contributed by atoms with Crippen LogP contribution in [0, 0.1) is 11.6 Å². The first-order valence-electron chi connectivity index (χ1n) is 7.04. The number of nitrogens with one attached hydrogen (secondary N) is 1. The zero-order valence-corrected chi connectivity index (χ0v) is 12.1. The number of rotatable bonds is 3. The maximum Gasteiger partial charge on any atom is 0.255 e. The Morgan fingerprint density at radius 1 is 1.09 bits per heavy atom. The molecule has 1 fully saturated rings. The molecule has 23 heavy (non-hydrogen) atoms. The number of anilines is 2. The summed E-state index contributed by atoms with van der Waals surface area (Å²) in [6.45, 7) is 2.64. The van der Waals surface area contributed by atoms with E-state index in [9.17, 15) is 13.6 Å². The van der Waals surface area contributed by atoms with Gasteiger partial charge in [0, 0.05) is 24.7 Å². The Hall–Kier alpha value is -2.61. The lowest BCUT2D eigenvalue weighted by molar-refractivity contribution is 0.102. The quantitative estimate of drug-likeness (QED) is 0.935. The van der Waals surface area contributed by atoms with Crippen LogP contribution in [-0.4, -0.2) is 42.2 Å². The fraction of sp³-hybridized carbons (Fsp3) is 0.267. The second-order valence-corrected chi connectivity index (χ2v) is 4.98. The van der Waals surface area contributed by atoms with Crippen LogP contribution in [0.4, 0.5) is 20.4 Å². The number of hydrogen-bond donors (Lipinski definition) is 1. The topological polar surface area (TPSA) is 67.4 Å². The van der Waals surface area contributed by atoms with Crippen molar-refractivity contribution >= 4 is 17.5 Å². The molecule has 0 spiro atoms. The van der Waals surface area contributed by atoms with Crippen molar-refractivity contribution in [1.82, 2.24) is 9.97 Å². The van der Waals surface area contributed by atoms with E-state index in [0.717, 1.165) is 12.1 Å². The highest BCUT2D eigenvalue weighted by molar-refractivity contribution is 6.04. The number of amides is 1. The summed E-state index contributed by atoms with van der Waals surface area (Å²) in [6, 6.07) is 2.62. The van der Waals surface area contributed by atoms with Crippen molar-refractivity contribution in [1.29, 1.82) is 0 Å². The van der Waals surface area contributed by atoms with E-state index in [1.165, 1.54) is 12.4 Å². The summed E-state index contributed by atoms with van der Waals surface area (Å²) in [5.74, 6) is -1.71. The summed E-state index contributed by atoms with van der Waals surface area (Å²) in [5.41, 5.74) is 0.233. The van der Waals surface area contributed by atoms with Gasteiger partial charge in [0.15, 0.2) is 0 Å². The Morgan fingerprint density at radius 2 is 1.70 bits per heavy atom. The van der Waals surface area contributed by atoms with E-state index in [4.69, 9.17) is 4.74 Å². The third kappa shape index (κ3) is 3.78.